The predicted molar refractivity (Wildman–Crippen MR) is 78.3 cm³/mol. The third-order valence-corrected chi connectivity index (χ3v) is 3.02. The lowest BCUT2D eigenvalue weighted by Gasteiger charge is -2.15. The van der Waals surface area contributed by atoms with Crippen LogP contribution in [0.3, 0.4) is 0 Å². The predicted octanol–water partition coefficient (Wildman–Crippen LogP) is 3.11. The van der Waals surface area contributed by atoms with Gasteiger partial charge in [-0.2, -0.15) is 0 Å². The van der Waals surface area contributed by atoms with E-state index in [1.807, 2.05) is 43.3 Å². The van der Waals surface area contributed by atoms with E-state index in [0.29, 0.717) is 6.61 Å². The van der Waals surface area contributed by atoms with Crippen molar-refractivity contribution in [2.24, 2.45) is 0 Å². The Hall–Kier alpha value is -1.94. The number of aryl methyl sites for hydroxylation is 1. The van der Waals surface area contributed by atoms with Gasteiger partial charge in [0.15, 0.2) is 0 Å². The number of hydrogen-bond donors (Lipinski definition) is 0. The number of nitrogens with zero attached hydrogens (tertiary/aromatic N) is 1. The second kappa shape index (κ2) is 7.01. The molecule has 0 unspecified atom stereocenters. The molecule has 0 spiro atoms. The zero-order valence-electron chi connectivity index (χ0n) is 12.3. The van der Waals surface area contributed by atoms with Gasteiger partial charge in [0.05, 0.1) is 13.7 Å². The maximum atomic E-state index is 5.69. The second-order valence-corrected chi connectivity index (χ2v) is 4.77. The lowest BCUT2D eigenvalue weighted by atomic mass is 10.3. The maximum Gasteiger partial charge on any atom is 0.119 e. The Bertz CT molecular complexity index is 519. The Morgan fingerprint density at radius 3 is 2.35 bits per heavy atom. The van der Waals surface area contributed by atoms with E-state index < -0.39 is 0 Å². The van der Waals surface area contributed by atoms with Crippen LogP contribution in [0.4, 0.5) is 0 Å². The summed E-state index contributed by atoms with van der Waals surface area (Å²) < 4.78 is 16.3. The van der Waals surface area contributed by atoms with Crippen LogP contribution in [0.5, 0.6) is 11.5 Å². The van der Waals surface area contributed by atoms with Gasteiger partial charge in [-0.05, 0) is 50.4 Å². The first-order valence-electron chi connectivity index (χ1n) is 6.68. The molecule has 0 aliphatic rings. The summed E-state index contributed by atoms with van der Waals surface area (Å²) in [6.45, 7) is 4.23. The fourth-order valence-electron chi connectivity index (χ4n) is 1.91. The van der Waals surface area contributed by atoms with Crippen molar-refractivity contribution in [3.63, 3.8) is 0 Å². The van der Waals surface area contributed by atoms with Gasteiger partial charge in [0.25, 0.3) is 0 Å². The first-order valence-corrected chi connectivity index (χ1v) is 6.68. The smallest absolute Gasteiger partial charge is 0.119 e. The number of rotatable bonds is 7. The van der Waals surface area contributed by atoms with E-state index in [2.05, 4.69) is 11.9 Å². The van der Waals surface area contributed by atoms with Crippen molar-refractivity contribution >= 4 is 0 Å². The van der Waals surface area contributed by atoms with Crippen LogP contribution < -0.4 is 9.47 Å². The molecule has 2 aromatic rings. The molecule has 20 heavy (non-hydrogen) atoms. The first-order chi connectivity index (χ1) is 9.67. The van der Waals surface area contributed by atoms with Crippen molar-refractivity contribution in [1.82, 2.24) is 4.90 Å². The van der Waals surface area contributed by atoms with Gasteiger partial charge in [-0.15, -0.1) is 0 Å². The normalized spacial score (nSPS) is 10.8. The van der Waals surface area contributed by atoms with Crippen molar-refractivity contribution in [3.8, 4) is 11.5 Å². The van der Waals surface area contributed by atoms with E-state index >= 15 is 0 Å². The van der Waals surface area contributed by atoms with E-state index in [0.717, 1.165) is 36.1 Å². The average Bonchev–Trinajstić information content (AvgIpc) is 2.85. The zero-order chi connectivity index (χ0) is 14.4. The Morgan fingerprint density at radius 2 is 1.75 bits per heavy atom. The summed E-state index contributed by atoms with van der Waals surface area (Å²) >= 11 is 0. The molecular weight excluding hydrogens is 254 g/mol. The average molecular weight is 275 g/mol. The Labute approximate surface area is 119 Å². The van der Waals surface area contributed by atoms with Gasteiger partial charge < -0.3 is 13.9 Å². The highest BCUT2D eigenvalue weighted by molar-refractivity contribution is 5.31. The molecule has 1 heterocycles. The van der Waals surface area contributed by atoms with Crippen molar-refractivity contribution in [2.45, 2.75) is 13.5 Å². The van der Waals surface area contributed by atoms with Gasteiger partial charge in [-0.25, -0.2) is 0 Å². The minimum atomic E-state index is 0.641. The molecule has 0 aliphatic carbocycles. The number of likely N-dealkylation sites (N-methyl/N-ethyl adjacent to an activating group) is 1. The standard InChI is InChI=1S/C16H21NO3/c1-13-4-5-16(20-13)12-17(2)10-11-19-15-8-6-14(18-3)7-9-15/h4-9H,10-12H2,1-3H3. The highest BCUT2D eigenvalue weighted by atomic mass is 16.5. The van der Waals surface area contributed by atoms with E-state index in [1.54, 1.807) is 7.11 Å². The van der Waals surface area contributed by atoms with Crippen LogP contribution >= 0.6 is 0 Å². The minimum Gasteiger partial charge on any atom is -0.497 e. The molecule has 0 bridgehead atoms. The van der Waals surface area contributed by atoms with Crippen molar-refractivity contribution in [3.05, 3.63) is 47.9 Å². The van der Waals surface area contributed by atoms with Gasteiger partial charge >= 0.3 is 0 Å². The van der Waals surface area contributed by atoms with Crippen molar-refractivity contribution < 1.29 is 13.9 Å². The molecule has 0 atom stereocenters. The Morgan fingerprint density at radius 1 is 1.05 bits per heavy atom. The molecule has 0 amide bonds. The van der Waals surface area contributed by atoms with Crippen LogP contribution in [-0.4, -0.2) is 32.2 Å². The van der Waals surface area contributed by atoms with E-state index in [9.17, 15) is 0 Å². The number of methoxy groups -OCH3 is 1. The summed E-state index contributed by atoms with van der Waals surface area (Å²) in [5, 5.41) is 0. The van der Waals surface area contributed by atoms with Crippen molar-refractivity contribution in [2.75, 3.05) is 27.3 Å². The highest BCUT2D eigenvalue weighted by Gasteiger charge is 2.04. The molecule has 4 heteroatoms. The summed E-state index contributed by atoms with van der Waals surface area (Å²) in [5.41, 5.74) is 0. The Balaban J connectivity index is 1.71. The molecule has 1 aromatic heterocycles. The topological polar surface area (TPSA) is 34.8 Å². The van der Waals surface area contributed by atoms with Gasteiger partial charge in [0, 0.05) is 6.54 Å². The number of hydrogen-bond acceptors (Lipinski definition) is 4. The highest BCUT2D eigenvalue weighted by Crippen LogP contribution is 2.17. The molecule has 0 aliphatic heterocycles. The molecule has 0 fully saturated rings. The second-order valence-electron chi connectivity index (χ2n) is 4.77. The van der Waals surface area contributed by atoms with Crippen LogP contribution in [0.15, 0.2) is 40.8 Å². The third-order valence-electron chi connectivity index (χ3n) is 3.02. The molecule has 2 rings (SSSR count). The molecule has 1 aromatic carbocycles. The SMILES string of the molecule is COc1ccc(OCCN(C)Cc2ccc(C)o2)cc1. The third kappa shape index (κ3) is 4.31. The Kier molecular flexibility index (Phi) is 5.07. The molecule has 108 valence electrons. The van der Waals surface area contributed by atoms with Crippen LogP contribution in [0.25, 0.3) is 0 Å². The number of benzene rings is 1. The first kappa shape index (κ1) is 14.5. The quantitative estimate of drug-likeness (QED) is 0.777. The van der Waals surface area contributed by atoms with Crippen LogP contribution in [0, 0.1) is 6.92 Å². The summed E-state index contributed by atoms with van der Waals surface area (Å²) in [6, 6.07) is 11.6. The van der Waals surface area contributed by atoms with Gasteiger partial charge in [0.2, 0.25) is 0 Å². The fourth-order valence-corrected chi connectivity index (χ4v) is 1.91. The summed E-state index contributed by atoms with van der Waals surface area (Å²) in [4.78, 5) is 2.17. The maximum absolute atomic E-state index is 5.69. The monoisotopic (exact) mass is 275 g/mol. The molecule has 0 saturated heterocycles. The molecule has 0 N–H and O–H groups in total. The molecule has 4 nitrogen and oxygen atoms in total. The van der Waals surface area contributed by atoms with E-state index in [-0.39, 0.29) is 0 Å². The molecule has 0 radical (unpaired) electrons. The van der Waals surface area contributed by atoms with E-state index in [4.69, 9.17) is 13.9 Å². The fraction of sp³-hybridized carbons (Fsp3) is 0.375. The lowest BCUT2D eigenvalue weighted by Crippen LogP contribution is -2.23. The zero-order valence-corrected chi connectivity index (χ0v) is 12.3. The van der Waals surface area contributed by atoms with Gasteiger partial charge in [0.1, 0.15) is 29.6 Å². The van der Waals surface area contributed by atoms with Crippen LogP contribution in [-0.2, 0) is 6.54 Å². The van der Waals surface area contributed by atoms with Crippen molar-refractivity contribution in [1.29, 1.82) is 0 Å². The van der Waals surface area contributed by atoms with Crippen LogP contribution in [0.1, 0.15) is 11.5 Å². The lowest BCUT2D eigenvalue weighted by molar-refractivity contribution is 0.221. The molecular formula is C16H21NO3. The van der Waals surface area contributed by atoms with Gasteiger partial charge in [-0.3, -0.25) is 4.90 Å². The number of ether oxygens (including phenoxy) is 2. The largest absolute Gasteiger partial charge is 0.497 e. The van der Waals surface area contributed by atoms with Crippen LogP contribution in [0.2, 0.25) is 0 Å². The molecule has 0 saturated carbocycles. The van der Waals surface area contributed by atoms with E-state index in [1.165, 1.54) is 0 Å². The number of furan rings is 1. The van der Waals surface area contributed by atoms with Gasteiger partial charge in [-0.1, -0.05) is 0 Å². The summed E-state index contributed by atoms with van der Waals surface area (Å²) in [7, 11) is 3.70. The summed E-state index contributed by atoms with van der Waals surface area (Å²) in [6.07, 6.45) is 0. The summed E-state index contributed by atoms with van der Waals surface area (Å²) in [5.74, 6) is 3.62. The minimum absolute atomic E-state index is 0.641.